The highest BCUT2D eigenvalue weighted by Crippen LogP contribution is 2.26. The Hall–Kier alpha value is -2.12. The SMILES string of the molecule is NC(CO)C(=O)N/N=C/c1cccc(O)c1O. The summed E-state index contributed by atoms with van der Waals surface area (Å²) in [6, 6.07) is 3.27. The lowest BCUT2D eigenvalue weighted by Crippen LogP contribution is -2.40. The van der Waals surface area contributed by atoms with E-state index in [0.717, 1.165) is 6.21 Å². The van der Waals surface area contributed by atoms with Gasteiger partial charge >= 0.3 is 0 Å². The molecule has 1 rings (SSSR count). The number of nitrogens with zero attached hydrogens (tertiary/aromatic N) is 1. The molecule has 1 unspecified atom stereocenters. The van der Waals surface area contributed by atoms with Gasteiger partial charge in [-0.3, -0.25) is 4.79 Å². The number of para-hydroxylation sites is 1. The fraction of sp³-hybridized carbons (Fsp3) is 0.200. The highest BCUT2D eigenvalue weighted by atomic mass is 16.3. The van der Waals surface area contributed by atoms with Crippen molar-refractivity contribution in [3.05, 3.63) is 23.8 Å². The number of hydrogen-bond acceptors (Lipinski definition) is 6. The molecule has 0 fully saturated rings. The molecule has 6 N–H and O–H groups in total. The third kappa shape index (κ3) is 3.44. The number of benzene rings is 1. The number of hydrazone groups is 1. The van der Waals surface area contributed by atoms with Gasteiger partial charge in [0.25, 0.3) is 5.91 Å². The second kappa shape index (κ2) is 5.83. The second-order valence-corrected chi connectivity index (χ2v) is 3.24. The second-order valence-electron chi connectivity index (χ2n) is 3.24. The topological polar surface area (TPSA) is 128 Å². The molecule has 0 bridgehead atoms. The van der Waals surface area contributed by atoms with E-state index in [1.54, 1.807) is 0 Å². The van der Waals surface area contributed by atoms with Crippen LogP contribution in [0.25, 0.3) is 0 Å². The van der Waals surface area contributed by atoms with E-state index in [4.69, 9.17) is 10.8 Å². The quantitative estimate of drug-likeness (QED) is 0.258. The highest BCUT2D eigenvalue weighted by molar-refractivity contribution is 5.87. The van der Waals surface area contributed by atoms with Gasteiger partial charge in [0.05, 0.1) is 12.8 Å². The molecule has 92 valence electrons. The van der Waals surface area contributed by atoms with E-state index >= 15 is 0 Å². The maximum absolute atomic E-state index is 11.1. The minimum absolute atomic E-state index is 0.239. The molecule has 0 aliphatic heterocycles. The van der Waals surface area contributed by atoms with Gasteiger partial charge < -0.3 is 21.1 Å². The molecule has 1 atom stereocenters. The molecule has 1 aromatic rings. The average Bonchev–Trinajstić information content (AvgIpc) is 2.33. The Labute approximate surface area is 97.2 Å². The van der Waals surface area contributed by atoms with Crippen LogP contribution in [-0.2, 0) is 4.79 Å². The summed E-state index contributed by atoms with van der Waals surface area (Å²) >= 11 is 0. The van der Waals surface area contributed by atoms with Gasteiger partial charge in [0.1, 0.15) is 6.04 Å². The van der Waals surface area contributed by atoms with Crippen molar-refractivity contribution >= 4 is 12.1 Å². The molecule has 0 radical (unpaired) electrons. The van der Waals surface area contributed by atoms with Crippen molar-refractivity contribution in [1.82, 2.24) is 5.43 Å². The zero-order valence-electron chi connectivity index (χ0n) is 8.87. The van der Waals surface area contributed by atoms with Gasteiger partial charge in [0.15, 0.2) is 11.5 Å². The number of hydrogen-bond donors (Lipinski definition) is 5. The van der Waals surface area contributed by atoms with Crippen molar-refractivity contribution < 1.29 is 20.1 Å². The normalized spacial score (nSPS) is 12.6. The van der Waals surface area contributed by atoms with E-state index in [1.807, 2.05) is 0 Å². The Balaban J connectivity index is 2.66. The highest BCUT2D eigenvalue weighted by Gasteiger charge is 2.10. The van der Waals surface area contributed by atoms with Gasteiger partial charge in [-0.05, 0) is 12.1 Å². The number of carbonyl (C=O) groups excluding carboxylic acids is 1. The van der Waals surface area contributed by atoms with E-state index in [1.165, 1.54) is 18.2 Å². The van der Waals surface area contributed by atoms with Crippen LogP contribution < -0.4 is 11.2 Å². The van der Waals surface area contributed by atoms with E-state index in [0.29, 0.717) is 0 Å². The Kier molecular flexibility index (Phi) is 4.44. The molecule has 17 heavy (non-hydrogen) atoms. The summed E-state index contributed by atoms with van der Waals surface area (Å²) in [5, 5.41) is 30.7. The number of nitrogens with two attached hydrogens (primary N) is 1. The van der Waals surface area contributed by atoms with E-state index in [9.17, 15) is 15.0 Å². The smallest absolute Gasteiger partial charge is 0.259 e. The number of carbonyl (C=O) groups is 1. The standard InChI is InChI=1S/C10H13N3O4/c11-7(5-14)10(17)13-12-4-6-2-1-3-8(15)9(6)16/h1-4,7,14-16H,5,11H2,(H,13,17)/b12-4+. The van der Waals surface area contributed by atoms with Crippen LogP contribution in [0.2, 0.25) is 0 Å². The number of nitrogens with one attached hydrogen (secondary N) is 1. The zero-order chi connectivity index (χ0) is 12.8. The molecular weight excluding hydrogens is 226 g/mol. The molecule has 0 saturated carbocycles. The lowest BCUT2D eigenvalue weighted by atomic mass is 10.2. The summed E-state index contributed by atoms with van der Waals surface area (Å²) in [5.74, 6) is -1.27. The molecule has 1 amide bonds. The van der Waals surface area contributed by atoms with Crippen LogP contribution in [0.5, 0.6) is 11.5 Å². The Morgan fingerprint density at radius 3 is 2.88 bits per heavy atom. The molecule has 7 nitrogen and oxygen atoms in total. The first-order chi connectivity index (χ1) is 8.06. The number of phenols is 2. The van der Waals surface area contributed by atoms with E-state index < -0.39 is 18.6 Å². The molecule has 1 aromatic carbocycles. The number of aliphatic hydroxyl groups excluding tert-OH is 1. The largest absolute Gasteiger partial charge is 0.504 e. The van der Waals surface area contributed by atoms with Crippen molar-refractivity contribution in [1.29, 1.82) is 0 Å². The first kappa shape index (κ1) is 12.9. The van der Waals surface area contributed by atoms with Gasteiger partial charge in [-0.25, -0.2) is 5.43 Å². The van der Waals surface area contributed by atoms with Gasteiger partial charge in [-0.2, -0.15) is 5.10 Å². The molecule has 0 saturated heterocycles. The van der Waals surface area contributed by atoms with Crippen LogP contribution in [0.15, 0.2) is 23.3 Å². The van der Waals surface area contributed by atoms with Gasteiger partial charge in [-0.1, -0.05) is 6.07 Å². The Bertz CT molecular complexity index is 434. The summed E-state index contributed by atoms with van der Waals surface area (Å²) in [6.07, 6.45) is 1.15. The van der Waals surface area contributed by atoms with Gasteiger partial charge in [-0.15, -0.1) is 0 Å². The lowest BCUT2D eigenvalue weighted by molar-refractivity contribution is -0.123. The van der Waals surface area contributed by atoms with Crippen molar-refractivity contribution in [3.8, 4) is 11.5 Å². The van der Waals surface area contributed by atoms with Gasteiger partial charge in [0, 0.05) is 5.56 Å². The zero-order valence-corrected chi connectivity index (χ0v) is 8.87. The monoisotopic (exact) mass is 239 g/mol. The molecule has 7 heteroatoms. The van der Waals surface area contributed by atoms with E-state index in [2.05, 4.69) is 10.5 Å². The number of aromatic hydroxyl groups is 2. The molecule has 0 heterocycles. The summed E-state index contributed by atoms with van der Waals surface area (Å²) in [4.78, 5) is 11.1. The van der Waals surface area contributed by atoms with Crippen LogP contribution in [-0.4, -0.2) is 40.1 Å². The molecule has 0 aliphatic rings. The third-order valence-corrected chi connectivity index (χ3v) is 1.96. The number of amides is 1. The van der Waals surface area contributed by atoms with Crippen LogP contribution >= 0.6 is 0 Å². The summed E-state index contributed by atoms with van der Waals surface area (Å²) in [5.41, 5.74) is 7.54. The van der Waals surface area contributed by atoms with Crippen LogP contribution in [0, 0.1) is 0 Å². The summed E-state index contributed by atoms with van der Waals surface area (Å²) in [6.45, 7) is -0.487. The maximum Gasteiger partial charge on any atom is 0.259 e. The molecule has 0 aliphatic carbocycles. The van der Waals surface area contributed by atoms with Crippen LogP contribution in [0.3, 0.4) is 0 Å². The van der Waals surface area contributed by atoms with Crippen LogP contribution in [0.1, 0.15) is 5.56 Å². The van der Waals surface area contributed by atoms with Crippen molar-refractivity contribution in [2.45, 2.75) is 6.04 Å². The minimum atomic E-state index is -1.05. The third-order valence-electron chi connectivity index (χ3n) is 1.96. The average molecular weight is 239 g/mol. The fourth-order valence-electron chi connectivity index (χ4n) is 0.984. The van der Waals surface area contributed by atoms with Crippen LogP contribution in [0.4, 0.5) is 0 Å². The maximum atomic E-state index is 11.1. The number of aliphatic hydroxyl groups is 1. The first-order valence-corrected chi connectivity index (χ1v) is 4.76. The molecule has 0 aromatic heterocycles. The first-order valence-electron chi connectivity index (χ1n) is 4.76. The number of phenolic OH excluding ortho intramolecular Hbond substituents is 2. The predicted octanol–water partition coefficient (Wildman–Crippen LogP) is -1.13. The van der Waals surface area contributed by atoms with Crippen molar-refractivity contribution in [3.63, 3.8) is 0 Å². The Morgan fingerprint density at radius 2 is 2.24 bits per heavy atom. The van der Waals surface area contributed by atoms with Gasteiger partial charge in [0.2, 0.25) is 0 Å². The number of rotatable bonds is 4. The van der Waals surface area contributed by atoms with E-state index in [-0.39, 0.29) is 17.1 Å². The molecular formula is C10H13N3O4. The van der Waals surface area contributed by atoms with Crippen molar-refractivity contribution in [2.75, 3.05) is 6.61 Å². The molecule has 0 spiro atoms. The summed E-state index contributed by atoms with van der Waals surface area (Å²) in [7, 11) is 0. The minimum Gasteiger partial charge on any atom is -0.504 e. The van der Waals surface area contributed by atoms with Crippen molar-refractivity contribution in [2.24, 2.45) is 10.8 Å². The summed E-state index contributed by atoms with van der Waals surface area (Å²) < 4.78 is 0. The lowest BCUT2D eigenvalue weighted by Gasteiger charge is -2.05. The predicted molar refractivity (Wildman–Crippen MR) is 60.6 cm³/mol. The fourth-order valence-corrected chi connectivity index (χ4v) is 0.984. The Morgan fingerprint density at radius 1 is 1.53 bits per heavy atom.